The highest BCUT2D eigenvalue weighted by Gasteiger charge is 2.07. The normalized spacial score (nSPS) is 9.65. The summed E-state index contributed by atoms with van der Waals surface area (Å²) in [6, 6.07) is 14.4. The van der Waals surface area contributed by atoms with Crippen molar-refractivity contribution in [2.75, 3.05) is 0 Å². The molecule has 2 rings (SSSR count). The molecule has 4 nitrogen and oxygen atoms in total. The molecule has 0 spiro atoms. The molecule has 0 saturated carbocycles. The molecule has 17 heavy (non-hydrogen) atoms. The number of hydrogen-bond donors (Lipinski definition) is 1. The third-order valence-corrected chi connectivity index (χ3v) is 1.98. The molecule has 0 heterocycles. The van der Waals surface area contributed by atoms with Gasteiger partial charge < -0.3 is 14.6 Å². The Kier molecular flexibility index (Phi) is 3.25. The van der Waals surface area contributed by atoms with Crippen molar-refractivity contribution < 1.29 is 19.4 Å². The molecule has 4 heteroatoms. The van der Waals surface area contributed by atoms with E-state index in [1.54, 1.807) is 24.3 Å². The third-order valence-electron chi connectivity index (χ3n) is 1.98. The van der Waals surface area contributed by atoms with Gasteiger partial charge in [0.1, 0.15) is 17.2 Å². The van der Waals surface area contributed by atoms with Gasteiger partial charge in [-0.05, 0) is 36.4 Å². The van der Waals surface area contributed by atoms with Crippen molar-refractivity contribution in [3.63, 3.8) is 0 Å². The predicted molar refractivity (Wildman–Crippen MR) is 61.2 cm³/mol. The van der Waals surface area contributed by atoms with Crippen molar-refractivity contribution in [1.82, 2.24) is 0 Å². The van der Waals surface area contributed by atoms with Crippen molar-refractivity contribution in [3.8, 4) is 17.2 Å². The Morgan fingerprint density at radius 3 is 1.94 bits per heavy atom. The van der Waals surface area contributed by atoms with Crippen LogP contribution in [0.25, 0.3) is 0 Å². The van der Waals surface area contributed by atoms with Crippen LogP contribution in [0.5, 0.6) is 17.2 Å². The van der Waals surface area contributed by atoms with E-state index in [0.717, 1.165) is 0 Å². The first kappa shape index (κ1) is 11.0. The minimum Gasteiger partial charge on any atom is -0.508 e. The highest BCUT2D eigenvalue weighted by molar-refractivity contribution is 5.67. The smallest absolute Gasteiger partial charge is 0.508 e. The maximum Gasteiger partial charge on any atom is 0.519 e. The summed E-state index contributed by atoms with van der Waals surface area (Å²) in [5.41, 5.74) is 0. The molecule has 0 saturated heterocycles. The lowest BCUT2D eigenvalue weighted by Crippen LogP contribution is -2.13. The second-order valence-electron chi connectivity index (χ2n) is 3.26. The van der Waals surface area contributed by atoms with Gasteiger partial charge in [-0.1, -0.05) is 18.2 Å². The lowest BCUT2D eigenvalue weighted by molar-refractivity contribution is 0.152. The Hall–Kier alpha value is -2.49. The zero-order chi connectivity index (χ0) is 12.1. The van der Waals surface area contributed by atoms with Gasteiger partial charge in [-0.25, -0.2) is 4.79 Å². The van der Waals surface area contributed by atoms with Crippen LogP contribution in [-0.2, 0) is 0 Å². The molecule has 0 unspecified atom stereocenters. The molecule has 0 radical (unpaired) electrons. The van der Waals surface area contributed by atoms with E-state index in [9.17, 15) is 4.79 Å². The molecule has 86 valence electrons. The maximum atomic E-state index is 11.4. The molecule has 0 fully saturated rings. The molecule has 0 aliphatic rings. The van der Waals surface area contributed by atoms with E-state index in [-0.39, 0.29) is 5.75 Å². The fourth-order valence-electron chi connectivity index (χ4n) is 1.22. The summed E-state index contributed by atoms with van der Waals surface area (Å²) in [7, 11) is 0. The van der Waals surface area contributed by atoms with Gasteiger partial charge in [0, 0.05) is 0 Å². The van der Waals surface area contributed by atoms with E-state index >= 15 is 0 Å². The Labute approximate surface area is 98.0 Å². The number of carbonyl (C=O) groups is 1. The summed E-state index contributed by atoms with van der Waals surface area (Å²) in [5, 5.41) is 9.05. The number of carbonyl (C=O) groups excluding carboxylic acids is 1. The van der Waals surface area contributed by atoms with Crippen LogP contribution in [0.4, 0.5) is 4.79 Å². The van der Waals surface area contributed by atoms with Crippen molar-refractivity contribution in [3.05, 3.63) is 54.6 Å². The van der Waals surface area contributed by atoms with Crippen LogP contribution in [0, 0.1) is 0 Å². The van der Waals surface area contributed by atoms with Gasteiger partial charge in [0.15, 0.2) is 0 Å². The predicted octanol–water partition coefficient (Wildman–Crippen LogP) is 2.97. The Balaban J connectivity index is 1.96. The summed E-state index contributed by atoms with van der Waals surface area (Å²) in [6.07, 6.45) is -0.818. The van der Waals surface area contributed by atoms with Crippen molar-refractivity contribution in [2.24, 2.45) is 0 Å². The van der Waals surface area contributed by atoms with Crippen LogP contribution in [0.3, 0.4) is 0 Å². The summed E-state index contributed by atoms with van der Waals surface area (Å²) in [6.45, 7) is 0. The highest BCUT2D eigenvalue weighted by Crippen LogP contribution is 2.17. The van der Waals surface area contributed by atoms with Crippen molar-refractivity contribution in [2.45, 2.75) is 0 Å². The van der Waals surface area contributed by atoms with Gasteiger partial charge in [-0.15, -0.1) is 0 Å². The van der Waals surface area contributed by atoms with Gasteiger partial charge in [-0.3, -0.25) is 0 Å². The van der Waals surface area contributed by atoms with E-state index in [1.807, 2.05) is 6.07 Å². The summed E-state index contributed by atoms with van der Waals surface area (Å²) < 4.78 is 9.83. The summed E-state index contributed by atoms with van der Waals surface area (Å²) in [4.78, 5) is 11.4. The first-order valence-corrected chi connectivity index (χ1v) is 4.98. The van der Waals surface area contributed by atoms with Crippen LogP contribution >= 0.6 is 0 Å². The van der Waals surface area contributed by atoms with Gasteiger partial charge >= 0.3 is 6.16 Å². The Morgan fingerprint density at radius 2 is 1.35 bits per heavy atom. The molecule has 2 aromatic carbocycles. The quantitative estimate of drug-likeness (QED) is 0.636. The van der Waals surface area contributed by atoms with Crippen LogP contribution in [0.2, 0.25) is 0 Å². The molecule has 0 amide bonds. The number of rotatable bonds is 2. The molecule has 0 aliphatic heterocycles. The van der Waals surface area contributed by atoms with E-state index in [1.165, 1.54) is 24.3 Å². The zero-order valence-electron chi connectivity index (χ0n) is 8.87. The second kappa shape index (κ2) is 5.03. The number of phenolic OH excluding ortho intramolecular Hbond substituents is 1. The van der Waals surface area contributed by atoms with Crippen LogP contribution in [0.15, 0.2) is 54.6 Å². The van der Waals surface area contributed by atoms with E-state index in [2.05, 4.69) is 0 Å². The van der Waals surface area contributed by atoms with Crippen LogP contribution < -0.4 is 9.47 Å². The van der Waals surface area contributed by atoms with Gasteiger partial charge in [0.2, 0.25) is 0 Å². The number of benzene rings is 2. The number of hydrogen-bond acceptors (Lipinski definition) is 4. The lowest BCUT2D eigenvalue weighted by Gasteiger charge is -2.05. The van der Waals surface area contributed by atoms with Gasteiger partial charge in [0.05, 0.1) is 0 Å². The summed E-state index contributed by atoms with van der Waals surface area (Å²) >= 11 is 0. The number of para-hydroxylation sites is 1. The highest BCUT2D eigenvalue weighted by atomic mass is 16.7. The first-order valence-electron chi connectivity index (χ1n) is 4.98. The molecular weight excluding hydrogens is 220 g/mol. The molecule has 1 N–H and O–H groups in total. The van der Waals surface area contributed by atoms with E-state index < -0.39 is 6.16 Å². The largest absolute Gasteiger partial charge is 0.519 e. The molecular formula is C13H10O4. The van der Waals surface area contributed by atoms with Crippen molar-refractivity contribution in [1.29, 1.82) is 0 Å². The van der Waals surface area contributed by atoms with E-state index in [0.29, 0.717) is 11.5 Å². The number of aromatic hydroxyl groups is 1. The average molecular weight is 230 g/mol. The third kappa shape index (κ3) is 3.24. The van der Waals surface area contributed by atoms with Crippen LogP contribution in [-0.4, -0.2) is 11.3 Å². The number of phenols is 1. The Bertz CT molecular complexity index is 491. The van der Waals surface area contributed by atoms with Gasteiger partial charge in [-0.2, -0.15) is 0 Å². The SMILES string of the molecule is O=C(Oc1ccccc1)Oc1ccc(O)cc1. The molecule has 0 aromatic heterocycles. The lowest BCUT2D eigenvalue weighted by atomic mass is 10.3. The average Bonchev–Trinajstić information content (AvgIpc) is 2.33. The molecule has 0 bridgehead atoms. The van der Waals surface area contributed by atoms with Gasteiger partial charge in [0.25, 0.3) is 0 Å². The monoisotopic (exact) mass is 230 g/mol. The maximum absolute atomic E-state index is 11.4. The van der Waals surface area contributed by atoms with Crippen molar-refractivity contribution >= 4 is 6.16 Å². The topological polar surface area (TPSA) is 55.8 Å². The second-order valence-corrected chi connectivity index (χ2v) is 3.26. The molecule has 0 aliphatic carbocycles. The first-order chi connectivity index (χ1) is 8.24. The summed E-state index contributed by atoms with van der Waals surface area (Å²) in [5.74, 6) is 0.828. The number of ether oxygens (including phenoxy) is 2. The molecule has 2 aromatic rings. The standard InChI is InChI=1S/C13H10O4/c14-10-6-8-12(9-7-10)17-13(15)16-11-4-2-1-3-5-11/h1-9,14H. The minimum atomic E-state index is -0.818. The fraction of sp³-hybridized carbons (Fsp3) is 0. The zero-order valence-corrected chi connectivity index (χ0v) is 8.87. The minimum absolute atomic E-state index is 0.105. The fourth-order valence-corrected chi connectivity index (χ4v) is 1.22. The molecule has 0 atom stereocenters. The Morgan fingerprint density at radius 1 is 0.824 bits per heavy atom. The van der Waals surface area contributed by atoms with Crippen LogP contribution in [0.1, 0.15) is 0 Å². The van der Waals surface area contributed by atoms with E-state index in [4.69, 9.17) is 14.6 Å².